The van der Waals surface area contributed by atoms with Crippen LogP contribution in [0.3, 0.4) is 0 Å². The molecule has 0 spiro atoms. The summed E-state index contributed by atoms with van der Waals surface area (Å²) in [6, 6.07) is 16.1. The van der Waals surface area contributed by atoms with Crippen LogP contribution < -0.4 is 21.1 Å². The molecule has 0 bridgehead atoms. The van der Waals surface area contributed by atoms with Gasteiger partial charge in [-0.3, -0.25) is 9.59 Å². The number of ketones is 2. The molecule has 0 fully saturated rings. The molecule has 4 N–H and O–H groups in total. The monoisotopic (exact) mass is 401 g/mol. The summed E-state index contributed by atoms with van der Waals surface area (Å²) in [6.07, 6.45) is 0. The fourth-order valence-electron chi connectivity index (χ4n) is 3.68. The lowest BCUT2D eigenvalue weighted by Crippen LogP contribution is -2.25. The molecule has 4 rings (SSSR count). The Bertz CT molecular complexity index is 1150. The largest absolute Gasteiger partial charge is 0.497 e. The van der Waals surface area contributed by atoms with Crippen molar-refractivity contribution in [2.24, 2.45) is 0 Å². The van der Waals surface area contributed by atoms with E-state index in [1.54, 1.807) is 37.4 Å². The number of ether oxygens (including phenoxy) is 1. The molecule has 0 aliphatic heterocycles. The van der Waals surface area contributed by atoms with Gasteiger partial charge >= 0.3 is 0 Å². The van der Waals surface area contributed by atoms with Gasteiger partial charge in [-0.15, -0.1) is 0 Å². The molecule has 0 unspecified atom stereocenters. The maximum atomic E-state index is 13.4. The summed E-state index contributed by atoms with van der Waals surface area (Å²) in [5, 5.41) is 6.56. The Morgan fingerprint density at radius 2 is 1.47 bits per heavy atom. The number of methoxy groups -OCH3 is 1. The minimum absolute atomic E-state index is 0.0980. The van der Waals surface area contributed by atoms with E-state index in [0.29, 0.717) is 28.1 Å². The summed E-state index contributed by atoms with van der Waals surface area (Å²) in [6.45, 7) is 3.97. The van der Waals surface area contributed by atoms with E-state index in [-0.39, 0.29) is 28.9 Å². The van der Waals surface area contributed by atoms with Gasteiger partial charge in [-0.2, -0.15) is 0 Å². The van der Waals surface area contributed by atoms with Crippen molar-refractivity contribution >= 4 is 34.3 Å². The molecule has 30 heavy (non-hydrogen) atoms. The molecular formula is C24H23N3O3. The van der Waals surface area contributed by atoms with Gasteiger partial charge in [-0.25, -0.2) is 0 Å². The normalized spacial score (nSPS) is 12.4. The molecule has 0 heterocycles. The van der Waals surface area contributed by atoms with Gasteiger partial charge in [0.25, 0.3) is 0 Å². The number of fused-ring (bicyclic) bond motifs is 2. The van der Waals surface area contributed by atoms with E-state index >= 15 is 0 Å². The Balaban J connectivity index is 1.90. The van der Waals surface area contributed by atoms with Crippen molar-refractivity contribution in [3.05, 3.63) is 76.9 Å². The van der Waals surface area contributed by atoms with Crippen LogP contribution in [0.25, 0.3) is 0 Å². The van der Waals surface area contributed by atoms with Crippen LogP contribution in [0.15, 0.2) is 54.6 Å². The Hall–Kier alpha value is -3.80. The van der Waals surface area contributed by atoms with Gasteiger partial charge in [0.15, 0.2) is 11.6 Å². The van der Waals surface area contributed by atoms with Gasteiger partial charge in [0, 0.05) is 22.9 Å². The van der Waals surface area contributed by atoms with Crippen molar-refractivity contribution < 1.29 is 14.3 Å². The highest BCUT2D eigenvalue weighted by atomic mass is 16.5. The molecule has 1 aliphatic rings. The summed E-state index contributed by atoms with van der Waals surface area (Å²) < 4.78 is 5.21. The maximum absolute atomic E-state index is 13.4. The van der Waals surface area contributed by atoms with Crippen molar-refractivity contribution in [1.29, 1.82) is 0 Å². The molecule has 0 atom stereocenters. The zero-order chi connectivity index (χ0) is 21.4. The Labute approximate surface area is 175 Å². The zero-order valence-electron chi connectivity index (χ0n) is 17.1. The molecule has 0 saturated heterocycles. The van der Waals surface area contributed by atoms with E-state index in [0.717, 1.165) is 11.4 Å². The van der Waals surface area contributed by atoms with Crippen LogP contribution in [0.1, 0.15) is 45.7 Å². The number of rotatable bonds is 5. The first-order valence-electron chi connectivity index (χ1n) is 9.73. The van der Waals surface area contributed by atoms with Crippen LogP contribution in [0.2, 0.25) is 0 Å². The third kappa shape index (κ3) is 3.26. The zero-order valence-corrected chi connectivity index (χ0v) is 17.1. The predicted molar refractivity (Wildman–Crippen MR) is 119 cm³/mol. The third-order valence-electron chi connectivity index (χ3n) is 5.05. The van der Waals surface area contributed by atoms with Crippen LogP contribution in [0.5, 0.6) is 5.75 Å². The minimum Gasteiger partial charge on any atom is -0.497 e. The third-order valence-corrected chi connectivity index (χ3v) is 5.05. The van der Waals surface area contributed by atoms with Gasteiger partial charge < -0.3 is 21.1 Å². The first kappa shape index (κ1) is 19.5. The SMILES string of the molecule is COc1ccc(Nc2cc(NC(C)C)c(N)c3c2C(=O)c2ccccc2C3=O)cc1. The predicted octanol–water partition coefficient (Wildman–Crippen LogP) is 4.62. The van der Waals surface area contributed by atoms with Gasteiger partial charge in [0.1, 0.15) is 5.75 Å². The summed E-state index contributed by atoms with van der Waals surface area (Å²) in [5.74, 6) is 0.254. The van der Waals surface area contributed by atoms with Crippen LogP contribution in [0, 0.1) is 0 Å². The van der Waals surface area contributed by atoms with E-state index < -0.39 is 0 Å². The number of carbonyl (C=O) groups excluding carboxylic acids is 2. The molecule has 0 amide bonds. The number of hydrogen-bond acceptors (Lipinski definition) is 6. The number of carbonyl (C=O) groups is 2. The molecule has 6 nitrogen and oxygen atoms in total. The highest BCUT2D eigenvalue weighted by molar-refractivity contribution is 6.32. The number of nitrogen functional groups attached to an aromatic ring is 1. The van der Waals surface area contributed by atoms with E-state index in [1.165, 1.54) is 0 Å². The standard InChI is InChI=1S/C24H23N3O3/c1-13(2)26-19-12-18(27-14-8-10-15(30-3)11-9-14)20-21(22(19)25)24(29)17-7-5-4-6-16(17)23(20)28/h4-13,26-27H,25H2,1-3H3. The molecule has 0 saturated carbocycles. The van der Waals surface area contributed by atoms with Crippen molar-refractivity contribution in [2.75, 3.05) is 23.5 Å². The van der Waals surface area contributed by atoms with Crippen molar-refractivity contribution in [3.63, 3.8) is 0 Å². The van der Waals surface area contributed by atoms with Crippen LogP contribution in [-0.4, -0.2) is 24.7 Å². The Kier molecular flexibility index (Phi) is 4.91. The van der Waals surface area contributed by atoms with Crippen molar-refractivity contribution in [3.8, 4) is 5.75 Å². The lowest BCUT2D eigenvalue weighted by Gasteiger charge is -2.25. The number of hydrogen-bond donors (Lipinski definition) is 3. The van der Waals surface area contributed by atoms with Gasteiger partial charge in [0.2, 0.25) is 0 Å². The summed E-state index contributed by atoms with van der Waals surface area (Å²) >= 11 is 0. The lowest BCUT2D eigenvalue weighted by molar-refractivity contribution is 0.0980. The first-order valence-corrected chi connectivity index (χ1v) is 9.73. The van der Waals surface area contributed by atoms with Gasteiger partial charge in [-0.05, 0) is 44.2 Å². The minimum atomic E-state index is -0.247. The van der Waals surface area contributed by atoms with Crippen LogP contribution in [-0.2, 0) is 0 Å². The number of anilines is 4. The summed E-state index contributed by atoms with van der Waals surface area (Å²) in [4.78, 5) is 26.7. The van der Waals surface area contributed by atoms with E-state index in [2.05, 4.69) is 10.6 Å². The van der Waals surface area contributed by atoms with Crippen LogP contribution >= 0.6 is 0 Å². The topological polar surface area (TPSA) is 93.4 Å². The summed E-state index contributed by atoms with van der Waals surface area (Å²) in [5.41, 5.74) is 9.86. The maximum Gasteiger partial charge on any atom is 0.196 e. The molecule has 3 aromatic rings. The molecular weight excluding hydrogens is 378 g/mol. The highest BCUT2D eigenvalue weighted by Gasteiger charge is 2.34. The molecule has 0 radical (unpaired) electrons. The van der Waals surface area contributed by atoms with E-state index in [9.17, 15) is 9.59 Å². The highest BCUT2D eigenvalue weighted by Crippen LogP contribution is 2.40. The van der Waals surface area contributed by atoms with Crippen LogP contribution in [0.4, 0.5) is 22.7 Å². The number of nitrogens with two attached hydrogens (primary N) is 1. The van der Waals surface area contributed by atoms with Gasteiger partial charge in [0.05, 0.1) is 35.3 Å². The Morgan fingerprint density at radius 3 is 2.03 bits per heavy atom. The molecule has 1 aliphatic carbocycles. The molecule has 6 heteroatoms. The van der Waals surface area contributed by atoms with Crippen molar-refractivity contribution in [1.82, 2.24) is 0 Å². The smallest absolute Gasteiger partial charge is 0.196 e. The number of nitrogens with one attached hydrogen (secondary N) is 2. The van der Waals surface area contributed by atoms with E-state index in [1.807, 2.05) is 38.1 Å². The fourth-order valence-corrected chi connectivity index (χ4v) is 3.68. The second-order valence-electron chi connectivity index (χ2n) is 7.49. The van der Waals surface area contributed by atoms with Gasteiger partial charge in [-0.1, -0.05) is 24.3 Å². The number of benzene rings is 3. The second kappa shape index (κ2) is 7.55. The Morgan fingerprint density at radius 1 is 0.867 bits per heavy atom. The molecule has 3 aromatic carbocycles. The molecule has 0 aromatic heterocycles. The average Bonchev–Trinajstić information content (AvgIpc) is 2.74. The van der Waals surface area contributed by atoms with Crippen molar-refractivity contribution in [2.45, 2.75) is 19.9 Å². The summed E-state index contributed by atoms with van der Waals surface area (Å²) in [7, 11) is 1.60. The second-order valence-corrected chi connectivity index (χ2v) is 7.49. The average molecular weight is 401 g/mol. The fraction of sp³-hybridized carbons (Fsp3) is 0.167. The van der Waals surface area contributed by atoms with E-state index in [4.69, 9.17) is 10.5 Å². The lowest BCUT2D eigenvalue weighted by atomic mass is 9.82. The quantitative estimate of drug-likeness (QED) is 0.423. The molecule has 152 valence electrons. The first-order chi connectivity index (χ1) is 14.4.